The van der Waals surface area contributed by atoms with Crippen molar-refractivity contribution in [1.82, 2.24) is 9.47 Å². The van der Waals surface area contributed by atoms with Crippen molar-refractivity contribution in [2.24, 2.45) is 4.99 Å². The van der Waals surface area contributed by atoms with Crippen LogP contribution in [-0.2, 0) is 16.1 Å². The first-order valence-electron chi connectivity index (χ1n) is 12.0. The fraction of sp³-hybridized carbons (Fsp3) is 0.138. The normalized spacial score (nSPS) is 15.6. The van der Waals surface area contributed by atoms with E-state index in [4.69, 9.17) is 21.3 Å². The number of hydrogen-bond acceptors (Lipinski definition) is 5. The molecule has 5 rings (SSSR count). The Bertz CT molecular complexity index is 1560. The molecule has 2 heterocycles. The van der Waals surface area contributed by atoms with Crippen molar-refractivity contribution in [3.05, 3.63) is 94.5 Å². The average molecular weight is 545 g/mol. The Morgan fingerprint density at radius 2 is 1.82 bits per heavy atom. The Hall–Kier alpha value is -4.01. The molecule has 0 spiro atoms. The zero-order valence-electron chi connectivity index (χ0n) is 20.8. The molecule has 0 bridgehead atoms. The van der Waals surface area contributed by atoms with Gasteiger partial charge < -0.3 is 14.6 Å². The van der Waals surface area contributed by atoms with Gasteiger partial charge in [-0.25, -0.2) is 4.99 Å². The molecular formula is C29H25ClN4O3S. The van der Waals surface area contributed by atoms with E-state index in [-0.39, 0.29) is 18.4 Å². The molecule has 0 radical (unpaired) electrons. The number of ether oxygens (including phenoxy) is 1. The Morgan fingerprint density at radius 1 is 1.08 bits per heavy atom. The number of halogens is 1. The standard InChI is InChI=1S/C29H25ClN4O3S/c1-3-34-28(36)26(38-29(34)32-22-12-14-23(37-2)15-13-22)16-19-17-33(25-7-5-4-6-24(19)25)18-27(35)31-21-10-8-20(30)9-11-21/h4-17H,3,18H2,1-2H3,(H,31,35)/b26-16+,32-29?. The third-order valence-electron chi connectivity index (χ3n) is 6.05. The van der Waals surface area contributed by atoms with Gasteiger partial charge in [0, 0.05) is 39.9 Å². The fourth-order valence-electron chi connectivity index (χ4n) is 4.19. The maximum Gasteiger partial charge on any atom is 0.266 e. The summed E-state index contributed by atoms with van der Waals surface area (Å²) in [6.45, 7) is 2.56. The highest BCUT2D eigenvalue weighted by molar-refractivity contribution is 8.18. The molecule has 1 saturated heterocycles. The fourth-order valence-corrected chi connectivity index (χ4v) is 5.37. The highest BCUT2D eigenvalue weighted by Crippen LogP contribution is 2.35. The molecule has 0 atom stereocenters. The maximum absolute atomic E-state index is 13.2. The number of carbonyl (C=O) groups excluding carboxylic acids is 2. The van der Waals surface area contributed by atoms with Crippen LogP contribution in [-0.4, -0.2) is 40.1 Å². The quantitative estimate of drug-likeness (QED) is 0.267. The lowest BCUT2D eigenvalue weighted by Gasteiger charge is -2.12. The highest BCUT2D eigenvalue weighted by Gasteiger charge is 2.32. The smallest absolute Gasteiger partial charge is 0.266 e. The number of hydrogen-bond donors (Lipinski definition) is 1. The van der Waals surface area contributed by atoms with E-state index < -0.39 is 0 Å². The number of rotatable bonds is 7. The van der Waals surface area contributed by atoms with Crippen LogP contribution in [0, 0.1) is 0 Å². The first kappa shape index (κ1) is 25.6. The Balaban J connectivity index is 1.42. The lowest BCUT2D eigenvalue weighted by molar-refractivity contribution is -0.122. The molecule has 4 aromatic rings. The van der Waals surface area contributed by atoms with E-state index in [2.05, 4.69) is 5.32 Å². The number of thioether (sulfide) groups is 1. The van der Waals surface area contributed by atoms with E-state index in [0.29, 0.717) is 27.3 Å². The number of nitrogens with zero attached hydrogens (tertiary/aromatic N) is 3. The number of fused-ring (bicyclic) bond motifs is 1. The Labute approximate surface area is 229 Å². The topological polar surface area (TPSA) is 75.9 Å². The molecule has 0 saturated carbocycles. The lowest BCUT2D eigenvalue weighted by Crippen LogP contribution is -2.28. The van der Waals surface area contributed by atoms with Crippen molar-refractivity contribution >= 4 is 68.7 Å². The van der Waals surface area contributed by atoms with Gasteiger partial charge in [0.15, 0.2) is 5.17 Å². The maximum atomic E-state index is 13.2. The SMILES string of the molecule is CCN1C(=O)/C(=C\c2cn(CC(=O)Nc3ccc(Cl)cc3)c3ccccc23)SC1=Nc1ccc(OC)cc1. The molecule has 2 amide bonds. The van der Waals surface area contributed by atoms with Crippen molar-refractivity contribution in [2.45, 2.75) is 13.5 Å². The predicted octanol–water partition coefficient (Wildman–Crippen LogP) is 6.57. The minimum Gasteiger partial charge on any atom is -0.497 e. The Morgan fingerprint density at radius 3 is 2.53 bits per heavy atom. The van der Waals surface area contributed by atoms with Crippen LogP contribution >= 0.6 is 23.4 Å². The zero-order valence-corrected chi connectivity index (χ0v) is 22.4. The van der Waals surface area contributed by atoms with E-state index in [9.17, 15) is 9.59 Å². The molecule has 9 heteroatoms. The highest BCUT2D eigenvalue weighted by atomic mass is 35.5. The summed E-state index contributed by atoms with van der Waals surface area (Å²) >= 11 is 7.28. The first-order chi connectivity index (χ1) is 18.4. The van der Waals surface area contributed by atoms with Crippen molar-refractivity contribution in [1.29, 1.82) is 0 Å². The molecule has 3 aromatic carbocycles. The molecule has 192 valence electrons. The molecule has 1 aliphatic heterocycles. The third kappa shape index (κ3) is 5.46. The van der Waals surface area contributed by atoms with E-state index >= 15 is 0 Å². The van der Waals surface area contributed by atoms with Gasteiger partial charge in [-0.15, -0.1) is 0 Å². The molecule has 38 heavy (non-hydrogen) atoms. The van der Waals surface area contributed by atoms with Gasteiger partial charge in [-0.2, -0.15) is 0 Å². The van der Waals surface area contributed by atoms with Crippen molar-refractivity contribution in [3.8, 4) is 5.75 Å². The van der Waals surface area contributed by atoms with E-state index in [1.807, 2.05) is 72.3 Å². The van der Waals surface area contributed by atoms with E-state index in [0.717, 1.165) is 27.9 Å². The second-order valence-corrected chi connectivity index (χ2v) is 9.98. The summed E-state index contributed by atoms with van der Waals surface area (Å²) in [5, 5.41) is 5.09. The largest absolute Gasteiger partial charge is 0.497 e. The van der Waals surface area contributed by atoms with Crippen LogP contribution < -0.4 is 10.1 Å². The molecule has 1 N–H and O–H groups in total. The zero-order chi connectivity index (χ0) is 26.6. The number of methoxy groups -OCH3 is 1. The Kier molecular flexibility index (Phi) is 7.53. The number of benzene rings is 3. The molecule has 0 unspecified atom stereocenters. The van der Waals surface area contributed by atoms with E-state index in [1.54, 1.807) is 36.3 Å². The number of anilines is 1. The van der Waals surface area contributed by atoms with Gasteiger partial charge in [-0.1, -0.05) is 29.8 Å². The number of para-hydroxylation sites is 1. The van der Waals surface area contributed by atoms with Crippen LogP contribution in [0.4, 0.5) is 11.4 Å². The van der Waals surface area contributed by atoms with Gasteiger partial charge in [0.1, 0.15) is 12.3 Å². The third-order valence-corrected chi connectivity index (χ3v) is 7.31. The summed E-state index contributed by atoms with van der Waals surface area (Å²) in [4.78, 5) is 33.0. The molecule has 0 aliphatic carbocycles. The van der Waals surface area contributed by atoms with E-state index in [1.165, 1.54) is 11.8 Å². The van der Waals surface area contributed by atoms with Crippen LogP contribution in [0.25, 0.3) is 17.0 Å². The van der Waals surface area contributed by atoms with Crippen LogP contribution in [0.5, 0.6) is 5.75 Å². The second-order valence-electron chi connectivity index (χ2n) is 8.54. The molecule has 1 aliphatic rings. The molecule has 1 aromatic heterocycles. The van der Waals surface area contributed by atoms with Gasteiger partial charge in [-0.3, -0.25) is 14.5 Å². The second kappa shape index (κ2) is 11.2. The lowest BCUT2D eigenvalue weighted by atomic mass is 10.1. The first-order valence-corrected chi connectivity index (χ1v) is 13.2. The van der Waals surface area contributed by atoms with Crippen molar-refractivity contribution < 1.29 is 14.3 Å². The number of aromatic nitrogens is 1. The predicted molar refractivity (Wildman–Crippen MR) is 155 cm³/mol. The summed E-state index contributed by atoms with van der Waals surface area (Å²) in [5.41, 5.74) is 3.18. The van der Waals surface area contributed by atoms with Gasteiger partial charge in [-0.05, 0) is 79.4 Å². The van der Waals surface area contributed by atoms with Crippen molar-refractivity contribution in [3.63, 3.8) is 0 Å². The summed E-state index contributed by atoms with van der Waals surface area (Å²) in [5.74, 6) is 0.488. The molecule has 7 nitrogen and oxygen atoms in total. The number of amides is 2. The number of nitrogens with one attached hydrogen (secondary N) is 1. The molecular weight excluding hydrogens is 520 g/mol. The van der Waals surface area contributed by atoms with Crippen LogP contribution in [0.15, 0.2) is 88.9 Å². The number of likely N-dealkylation sites (N-methyl/N-ethyl adjacent to an activating group) is 1. The van der Waals surface area contributed by atoms with Crippen molar-refractivity contribution in [2.75, 3.05) is 19.0 Å². The summed E-state index contributed by atoms with van der Waals surface area (Å²) in [6.07, 6.45) is 3.78. The summed E-state index contributed by atoms with van der Waals surface area (Å²) in [6, 6.07) is 22.2. The monoisotopic (exact) mass is 544 g/mol. The van der Waals surface area contributed by atoms with Gasteiger partial charge >= 0.3 is 0 Å². The minimum atomic E-state index is -0.162. The minimum absolute atomic E-state index is 0.0953. The number of aliphatic imine (C=N–C) groups is 1. The average Bonchev–Trinajstić information content (AvgIpc) is 3.42. The van der Waals surface area contributed by atoms with Crippen LogP contribution in [0.3, 0.4) is 0 Å². The summed E-state index contributed by atoms with van der Waals surface area (Å²) < 4.78 is 7.11. The van der Waals surface area contributed by atoms with Gasteiger partial charge in [0.25, 0.3) is 5.91 Å². The van der Waals surface area contributed by atoms with Crippen LogP contribution in [0.2, 0.25) is 5.02 Å². The van der Waals surface area contributed by atoms with Crippen LogP contribution in [0.1, 0.15) is 12.5 Å². The summed E-state index contributed by atoms with van der Waals surface area (Å²) in [7, 11) is 1.62. The molecule has 1 fully saturated rings. The number of carbonyl (C=O) groups is 2. The van der Waals surface area contributed by atoms with Gasteiger partial charge in [0.05, 0.1) is 17.7 Å². The van der Waals surface area contributed by atoms with Gasteiger partial charge in [0.2, 0.25) is 5.91 Å². The number of amidine groups is 1.